The summed E-state index contributed by atoms with van der Waals surface area (Å²) in [5.41, 5.74) is -0.905. The van der Waals surface area contributed by atoms with Gasteiger partial charge in [0.15, 0.2) is 4.34 Å². The summed E-state index contributed by atoms with van der Waals surface area (Å²) in [5, 5.41) is 0. The second-order valence-electron chi connectivity index (χ2n) is 2.90. The van der Waals surface area contributed by atoms with Crippen LogP contribution in [0.25, 0.3) is 10.2 Å². The zero-order chi connectivity index (χ0) is 11.5. The van der Waals surface area contributed by atoms with E-state index in [1.165, 1.54) is 11.3 Å². The number of alkyl halides is 1. The van der Waals surface area contributed by atoms with E-state index >= 15 is 0 Å². The Morgan fingerprint density at radius 3 is 3.00 bits per heavy atom. The number of hydrogen-bond donors (Lipinski definition) is 0. The quantitative estimate of drug-likeness (QED) is 0.626. The van der Waals surface area contributed by atoms with Gasteiger partial charge >= 0.3 is 5.97 Å². The fraction of sp³-hybridized carbons (Fsp3) is 0.200. The van der Waals surface area contributed by atoms with Crippen molar-refractivity contribution >= 4 is 39.3 Å². The van der Waals surface area contributed by atoms with Crippen molar-refractivity contribution in [2.75, 3.05) is 7.11 Å². The highest BCUT2D eigenvalue weighted by molar-refractivity contribution is 8.02. The molecule has 0 N–H and O–H groups in total. The Labute approximate surface area is 99.6 Å². The topological polar surface area (TPSA) is 39.2 Å². The van der Waals surface area contributed by atoms with Gasteiger partial charge < -0.3 is 4.74 Å². The third-order valence-electron chi connectivity index (χ3n) is 1.87. The number of methoxy groups -OCH3 is 1. The number of rotatable bonds is 3. The van der Waals surface area contributed by atoms with Gasteiger partial charge in [-0.15, -0.1) is 11.3 Å². The number of thiazole rings is 1. The van der Waals surface area contributed by atoms with Crippen molar-refractivity contribution in [2.45, 2.75) is 9.84 Å². The van der Waals surface area contributed by atoms with E-state index in [1.807, 2.05) is 24.3 Å². The van der Waals surface area contributed by atoms with E-state index < -0.39 is 11.5 Å². The molecule has 3 nitrogen and oxygen atoms in total. The molecule has 1 aromatic heterocycles. The van der Waals surface area contributed by atoms with E-state index in [1.54, 1.807) is 0 Å². The van der Waals surface area contributed by atoms with E-state index in [0.29, 0.717) is 4.34 Å². The number of esters is 1. The number of benzene rings is 1. The molecule has 6 heteroatoms. The number of ether oxygens (including phenoxy) is 1. The summed E-state index contributed by atoms with van der Waals surface area (Å²) in [7, 11) is 1.16. The van der Waals surface area contributed by atoms with Gasteiger partial charge in [-0.05, 0) is 23.9 Å². The number of thioether (sulfide) groups is 1. The third-order valence-corrected chi connectivity index (χ3v) is 3.93. The molecule has 0 aliphatic carbocycles. The molecule has 84 valence electrons. The van der Waals surface area contributed by atoms with Gasteiger partial charge in [0.25, 0.3) is 0 Å². The van der Waals surface area contributed by atoms with Crippen molar-refractivity contribution in [1.82, 2.24) is 4.98 Å². The predicted molar refractivity (Wildman–Crippen MR) is 62.4 cm³/mol. The summed E-state index contributed by atoms with van der Waals surface area (Å²) in [5.74, 6) is -0.885. The Morgan fingerprint density at radius 1 is 1.56 bits per heavy atom. The molecule has 0 radical (unpaired) electrons. The fourth-order valence-electron chi connectivity index (χ4n) is 1.13. The van der Waals surface area contributed by atoms with Gasteiger partial charge in [-0.2, -0.15) is 0 Å². The molecule has 0 amide bonds. The molecule has 0 saturated heterocycles. The molecular formula is C10H8FNO2S2. The van der Waals surface area contributed by atoms with Gasteiger partial charge in [-0.25, -0.2) is 14.2 Å². The largest absolute Gasteiger partial charge is 0.466 e. The number of aromatic nitrogens is 1. The summed E-state index contributed by atoms with van der Waals surface area (Å²) < 4.78 is 19.1. The normalized spacial score (nSPS) is 12.6. The lowest BCUT2D eigenvalue weighted by molar-refractivity contribution is -0.142. The Morgan fingerprint density at radius 2 is 2.31 bits per heavy atom. The second kappa shape index (κ2) is 4.80. The Balaban J connectivity index is 2.18. The second-order valence-corrected chi connectivity index (χ2v) is 5.23. The SMILES string of the molecule is COC(=O)C(F)Sc1nc2ccccc2s1. The Kier molecular flexibility index (Phi) is 3.40. The van der Waals surface area contributed by atoms with Gasteiger partial charge in [0.1, 0.15) is 0 Å². The van der Waals surface area contributed by atoms with E-state index in [-0.39, 0.29) is 0 Å². The van der Waals surface area contributed by atoms with Crippen LogP contribution in [0.3, 0.4) is 0 Å². The van der Waals surface area contributed by atoms with Crippen LogP contribution in [-0.2, 0) is 9.53 Å². The average molecular weight is 257 g/mol. The molecular weight excluding hydrogens is 249 g/mol. The number of carbonyl (C=O) groups excluding carboxylic acids is 1. The molecule has 0 aliphatic rings. The van der Waals surface area contributed by atoms with Crippen molar-refractivity contribution in [1.29, 1.82) is 0 Å². The minimum atomic E-state index is -1.72. The fourth-order valence-corrected chi connectivity index (χ4v) is 3.06. The Hall–Kier alpha value is -1.14. The molecule has 0 bridgehead atoms. The van der Waals surface area contributed by atoms with E-state index in [2.05, 4.69) is 9.72 Å². The van der Waals surface area contributed by atoms with E-state index in [9.17, 15) is 9.18 Å². The maximum Gasteiger partial charge on any atom is 0.351 e. The summed E-state index contributed by atoms with van der Waals surface area (Å²) >= 11 is 2.13. The number of nitrogens with zero attached hydrogens (tertiary/aromatic N) is 1. The molecule has 0 fully saturated rings. The number of hydrogen-bond acceptors (Lipinski definition) is 5. The minimum Gasteiger partial charge on any atom is -0.466 e. The molecule has 2 aromatic rings. The molecule has 1 atom stereocenters. The number of fused-ring (bicyclic) bond motifs is 1. The monoisotopic (exact) mass is 257 g/mol. The smallest absolute Gasteiger partial charge is 0.351 e. The van der Waals surface area contributed by atoms with Crippen LogP contribution < -0.4 is 0 Å². The zero-order valence-corrected chi connectivity index (χ0v) is 9.98. The highest BCUT2D eigenvalue weighted by atomic mass is 32.2. The summed E-state index contributed by atoms with van der Waals surface area (Å²) in [6.45, 7) is 0. The van der Waals surface area contributed by atoms with E-state index in [4.69, 9.17) is 0 Å². The average Bonchev–Trinajstić information content (AvgIpc) is 2.69. The van der Waals surface area contributed by atoms with Gasteiger partial charge in [-0.1, -0.05) is 12.1 Å². The van der Waals surface area contributed by atoms with Crippen molar-refractivity contribution in [3.05, 3.63) is 24.3 Å². The molecule has 1 unspecified atom stereocenters. The van der Waals surface area contributed by atoms with Crippen LogP contribution in [0.4, 0.5) is 4.39 Å². The van der Waals surface area contributed by atoms with Crippen molar-refractivity contribution in [3.8, 4) is 0 Å². The highest BCUT2D eigenvalue weighted by Gasteiger charge is 2.21. The first-order valence-electron chi connectivity index (χ1n) is 4.45. The van der Waals surface area contributed by atoms with Crippen LogP contribution in [-0.4, -0.2) is 23.6 Å². The van der Waals surface area contributed by atoms with Crippen LogP contribution in [0.15, 0.2) is 28.6 Å². The first-order valence-corrected chi connectivity index (χ1v) is 6.14. The maximum atomic E-state index is 13.3. The van der Waals surface area contributed by atoms with Crippen molar-refractivity contribution in [3.63, 3.8) is 0 Å². The first kappa shape index (κ1) is 11.3. The lowest BCUT2D eigenvalue weighted by Gasteiger charge is -2.01. The van der Waals surface area contributed by atoms with Gasteiger partial charge in [0.05, 0.1) is 17.3 Å². The van der Waals surface area contributed by atoms with Crippen LogP contribution in [0.2, 0.25) is 0 Å². The molecule has 0 saturated carbocycles. The third kappa shape index (κ3) is 2.33. The lowest BCUT2D eigenvalue weighted by atomic mass is 10.3. The van der Waals surface area contributed by atoms with Gasteiger partial charge in [0, 0.05) is 0 Å². The maximum absolute atomic E-state index is 13.3. The molecule has 2 rings (SSSR count). The molecule has 1 aromatic carbocycles. The van der Waals surface area contributed by atoms with Crippen LogP contribution in [0.1, 0.15) is 0 Å². The van der Waals surface area contributed by atoms with Crippen molar-refractivity contribution in [2.24, 2.45) is 0 Å². The minimum absolute atomic E-state index is 0.527. The summed E-state index contributed by atoms with van der Waals surface area (Å²) in [4.78, 5) is 15.1. The molecule has 1 heterocycles. The summed E-state index contributed by atoms with van der Waals surface area (Å²) in [6, 6.07) is 7.51. The van der Waals surface area contributed by atoms with Crippen LogP contribution >= 0.6 is 23.1 Å². The summed E-state index contributed by atoms with van der Waals surface area (Å²) in [6.07, 6.45) is 0. The predicted octanol–water partition coefficient (Wildman–Crippen LogP) is 2.86. The zero-order valence-electron chi connectivity index (χ0n) is 8.34. The molecule has 16 heavy (non-hydrogen) atoms. The highest BCUT2D eigenvalue weighted by Crippen LogP contribution is 2.32. The lowest BCUT2D eigenvalue weighted by Crippen LogP contribution is -2.12. The Bertz CT molecular complexity index is 481. The molecule has 0 spiro atoms. The number of carbonyl (C=O) groups is 1. The van der Waals surface area contributed by atoms with Crippen LogP contribution in [0, 0.1) is 0 Å². The first-order chi connectivity index (χ1) is 7.70. The van der Waals surface area contributed by atoms with Gasteiger partial charge in [0.2, 0.25) is 5.50 Å². The number of halogens is 1. The standard InChI is InChI=1S/C10H8FNO2S2/c1-14-9(13)8(11)16-10-12-6-4-2-3-5-7(6)15-10/h2-5,8H,1H3. The molecule has 0 aliphatic heterocycles. The van der Waals surface area contributed by atoms with Crippen LogP contribution in [0.5, 0.6) is 0 Å². The van der Waals surface area contributed by atoms with E-state index in [0.717, 1.165) is 29.1 Å². The number of para-hydroxylation sites is 1. The van der Waals surface area contributed by atoms with Gasteiger partial charge in [-0.3, -0.25) is 0 Å². The van der Waals surface area contributed by atoms with Crippen molar-refractivity contribution < 1.29 is 13.9 Å².